The van der Waals surface area contributed by atoms with Crippen LogP contribution in [0.5, 0.6) is 0 Å². The van der Waals surface area contributed by atoms with Crippen molar-refractivity contribution in [1.82, 2.24) is 4.98 Å². The first-order valence-electron chi connectivity index (χ1n) is 3.70. The van der Waals surface area contributed by atoms with E-state index in [-0.39, 0.29) is 16.8 Å². The van der Waals surface area contributed by atoms with Gasteiger partial charge in [0.1, 0.15) is 5.52 Å². The zero-order valence-electron chi connectivity index (χ0n) is 6.84. The summed E-state index contributed by atoms with van der Waals surface area (Å²) in [5.74, 6) is 0. The molecule has 0 saturated carbocycles. The van der Waals surface area contributed by atoms with E-state index in [9.17, 15) is 14.9 Å². The Morgan fingerprint density at radius 2 is 2.21 bits per heavy atom. The van der Waals surface area contributed by atoms with E-state index in [1.807, 2.05) is 0 Å². The second-order valence-corrected chi connectivity index (χ2v) is 2.59. The molecule has 0 amide bonds. The number of nitrogens with zero attached hydrogens (tertiary/aromatic N) is 2. The number of aromatic nitrogens is 1. The van der Waals surface area contributed by atoms with Gasteiger partial charge in [0.05, 0.1) is 4.92 Å². The van der Waals surface area contributed by atoms with Crippen LogP contribution < -0.4 is 5.43 Å². The molecule has 2 aromatic rings. The third kappa shape index (κ3) is 1.22. The quantitative estimate of drug-likeness (QED) is 0.498. The molecule has 0 fully saturated rings. The van der Waals surface area contributed by atoms with Gasteiger partial charge in [-0.05, 0) is 6.07 Å². The van der Waals surface area contributed by atoms with Crippen LogP contribution in [0.25, 0.3) is 11.1 Å². The van der Waals surface area contributed by atoms with Gasteiger partial charge in [-0.25, -0.2) is 4.98 Å². The van der Waals surface area contributed by atoms with E-state index < -0.39 is 10.4 Å². The van der Waals surface area contributed by atoms with Crippen molar-refractivity contribution >= 4 is 16.8 Å². The van der Waals surface area contributed by atoms with Crippen molar-refractivity contribution < 1.29 is 9.34 Å². The predicted molar refractivity (Wildman–Crippen MR) is 46.9 cm³/mol. The molecule has 0 aliphatic rings. The molecule has 1 aromatic heterocycles. The summed E-state index contributed by atoms with van der Waals surface area (Å²) in [7, 11) is 0. The van der Waals surface area contributed by atoms with Crippen molar-refractivity contribution in [3.8, 4) is 0 Å². The second kappa shape index (κ2) is 2.91. The first-order valence-corrected chi connectivity index (χ1v) is 3.70. The summed E-state index contributed by atoms with van der Waals surface area (Å²) in [6.07, 6.45) is 1.08. The van der Waals surface area contributed by atoms with Crippen LogP contribution in [-0.2, 0) is 0 Å². The minimum atomic E-state index is -0.590. The molecule has 0 unspecified atom stereocenters. The Bertz CT molecular complexity index is 561. The van der Waals surface area contributed by atoms with Gasteiger partial charge in [-0.3, -0.25) is 14.9 Å². The Morgan fingerprint density at radius 1 is 1.43 bits per heavy atom. The van der Waals surface area contributed by atoms with Crippen LogP contribution in [0, 0.1) is 10.1 Å². The molecule has 1 aromatic carbocycles. The molecule has 1 heterocycles. The van der Waals surface area contributed by atoms with Crippen molar-refractivity contribution in [3.05, 3.63) is 44.9 Å². The van der Waals surface area contributed by atoms with Crippen LogP contribution >= 0.6 is 0 Å². The molecule has 6 nitrogen and oxygen atoms in total. The molecular weight excluding hydrogens is 188 g/mol. The summed E-state index contributed by atoms with van der Waals surface area (Å²) >= 11 is 0. The molecule has 0 atom stereocenters. The van der Waals surface area contributed by atoms with E-state index in [1.165, 1.54) is 6.07 Å². The van der Waals surface area contributed by atoms with Gasteiger partial charge in [-0.1, -0.05) is 0 Å². The maximum Gasteiger partial charge on any atom is 0.271 e. The molecule has 0 spiro atoms. The third-order valence-electron chi connectivity index (χ3n) is 1.72. The fraction of sp³-hybridized carbons (Fsp3) is 0. The van der Waals surface area contributed by atoms with E-state index in [2.05, 4.69) is 4.98 Å². The van der Waals surface area contributed by atoms with Crippen molar-refractivity contribution in [2.45, 2.75) is 0 Å². The van der Waals surface area contributed by atoms with Gasteiger partial charge in [-0.15, -0.1) is 0 Å². The Labute approximate surface area is 77.0 Å². The van der Waals surface area contributed by atoms with Gasteiger partial charge in [0.15, 0.2) is 6.39 Å². The molecule has 6 heteroatoms. The normalized spacial score (nSPS) is 10.3. The molecular formula is C8H4N2O4. The SMILES string of the molecule is O=c1ccc([N+](=O)[O-])cc2ncoc12. The lowest BCUT2D eigenvalue weighted by Crippen LogP contribution is -1.91. The van der Waals surface area contributed by atoms with Gasteiger partial charge >= 0.3 is 0 Å². The fourth-order valence-electron chi connectivity index (χ4n) is 1.08. The maximum absolute atomic E-state index is 11.3. The minimum absolute atomic E-state index is 0.0260. The Morgan fingerprint density at radius 3 is 2.93 bits per heavy atom. The highest BCUT2D eigenvalue weighted by Crippen LogP contribution is 2.13. The van der Waals surface area contributed by atoms with Gasteiger partial charge in [0.2, 0.25) is 11.0 Å². The van der Waals surface area contributed by atoms with Crippen LogP contribution in [0.3, 0.4) is 0 Å². The molecule has 0 saturated heterocycles. The highest BCUT2D eigenvalue weighted by Gasteiger charge is 2.08. The van der Waals surface area contributed by atoms with Crippen molar-refractivity contribution in [3.63, 3.8) is 0 Å². The summed E-state index contributed by atoms with van der Waals surface area (Å²) in [5, 5.41) is 10.5. The van der Waals surface area contributed by atoms with Gasteiger partial charge < -0.3 is 4.42 Å². The van der Waals surface area contributed by atoms with Crippen LogP contribution in [-0.4, -0.2) is 9.91 Å². The molecule has 0 radical (unpaired) electrons. The number of nitro groups is 1. The van der Waals surface area contributed by atoms with E-state index in [4.69, 9.17) is 4.42 Å². The lowest BCUT2D eigenvalue weighted by molar-refractivity contribution is -0.384. The van der Waals surface area contributed by atoms with E-state index in [0.717, 1.165) is 18.5 Å². The lowest BCUT2D eigenvalue weighted by atomic mass is 10.4. The highest BCUT2D eigenvalue weighted by atomic mass is 16.6. The number of hydrogen-bond donors (Lipinski definition) is 0. The third-order valence-corrected chi connectivity index (χ3v) is 1.72. The Balaban J connectivity index is 2.90. The number of hydrogen-bond acceptors (Lipinski definition) is 5. The maximum atomic E-state index is 11.3. The van der Waals surface area contributed by atoms with Crippen LogP contribution in [0.1, 0.15) is 0 Å². The van der Waals surface area contributed by atoms with Crippen molar-refractivity contribution in [2.24, 2.45) is 0 Å². The van der Waals surface area contributed by atoms with Crippen LogP contribution in [0.2, 0.25) is 0 Å². The molecule has 70 valence electrons. The predicted octanol–water partition coefficient (Wildman–Crippen LogP) is 1.10. The van der Waals surface area contributed by atoms with Gasteiger partial charge in [0.25, 0.3) is 5.69 Å². The summed E-state index contributed by atoms with van der Waals surface area (Å²) < 4.78 is 4.80. The summed E-state index contributed by atoms with van der Waals surface area (Å²) in [4.78, 5) is 24.8. The van der Waals surface area contributed by atoms with Crippen LogP contribution in [0.4, 0.5) is 5.69 Å². The van der Waals surface area contributed by atoms with E-state index in [1.54, 1.807) is 0 Å². The standard InChI is InChI=1S/C8H4N2O4/c11-7-2-1-5(10(12)13)3-6-8(7)14-4-9-6/h1-4H. The Hall–Kier alpha value is -2.24. The number of fused-ring (bicyclic) bond motifs is 1. The highest BCUT2D eigenvalue weighted by molar-refractivity contribution is 5.73. The van der Waals surface area contributed by atoms with Crippen molar-refractivity contribution in [2.75, 3.05) is 0 Å². The Kier molecular flexibility index (Phi) is 1.74. The summed E-state index contributed by atoms with van der Waals surface area (Å²) in [5.41, 5.74) is -0.401. The fourth-order valence-corrected chi connectivity index (χ4v) is 1.08. The molecule has 0 bridgehead atoms. The molecule has 0 aliphatic carbocycles. The molecule has 14 heavy (non-hydrogen) atoms. The molecule has 0 aliphatic heterocycles. The van der Waals surface area contributed by atoms with Crippen LogP contribution in [0.15, 0.2) is 33.8 Å². The topological polar surface area (TPSA) is 86.2 Å². The summed E-state index contributed by atoms with van der Waals surface area (Å²) in [6.45, 7) is 0. The number of oxazole rings is 1. The zero-order chi connectivity index (χ0) is 10.1. The first-order chi connectivity index (χ1) is 6.68. The van der Waals surface area contributed by atoms with Gasteiger partial charge in [0, 0.05) is 12.1 Å². The number of rotatable bonds is 1. The average Bonchev–Trinajstić information content (AvgIpc) is 2.53. The smallest absolute Gasteiger partial charge is 0.271 e. The van der Waals surface area contributed by atoms with E-state index in [0.29, 0.717) is 0 Å². The second-order valence-electron chi connectivity index (χ2n) is 2.59. The lowest BCUT2D eigenvalue weighted by Gasteiger charge is -1.82. The molecule has 2 rings (SSSR count). The van der Waals surface area contributed by atoms with E-state index >= 15 is 0 Å². The average molecular weight is 192 g/mol. The summed E-state index contributed by atoms with van der Waals surface area (Å²) in [6, 6.07) is 3.41. The monoisotopic (exact) mass is 192 g/mol. The van der Waals surface area contributed by atoms with Crippen molar-refractivity contribution in [1.29, 1.82) is 0 Å². The minimum Gasteiger partial charge on any atom is -0.439 e. The zero-order valence-corrected chi connectivity index (χ0v) is 6.84. The first kappa shape index (κ1) is 8.36. The van der Waals surface area contributed by atoms with Gasteiger partial charge in [-0.2, -0.15) is 0 Å². The largest absolute Gasteiger partial charge is 0.439 e. The molecule has 0 N–H and O–H groups in total.